The molecule has 0 saturated carbocycles. The first-order chi connectivity index (χ1) is 16.9. The molecule has 8 heteroatoms. The van der Waals surface area contributed by atoms with Gasteiger partial charge in [0, 0.05) is 22.2 Å². The first kappa shape index (κ1) is 24.1. The molecule has 0 unspecified atom stereocenters. The molecule has 0 aromatic heterocycles. The van der Waals surface area contributed by atoms with Crippen molar-refractivity contribution in [2.24, 2.45) is 0 Å². The minimum absolute atomic E-state index is 0.340. The minimum atomic E-state index is -1.05. The van der Waals surface area contributed by atoms with Gasteiger partial charge in [0.2, 0.25) is 0 Å². The smallest absolute Gasteiger partial charge is 0.326 e. The van der Waals surface area contributed by atoms with Crippen molar-refractivity contribution in [3.05, 3.63) is 82.4 Å². The van der Waals surface area contributed by atoms with Gasteiger partial charge < -0.3 is 19.5 Å². The average molecular weight is 491 g/mol. The molecule has 1 heterocycles. The van der Waals surface area contributed by atoms with E-state index in [9.17, 15) is 20.0 Å². The van der Waals surface area contributed by atoms with Gasteiger partial charge in [-0.2, -0.15) is 5.26 Å². The van der Waals surface area contributed by atoms with Crippen molar-refractivity contribution >= 4 is 23.5 Å². The average Bonchev–Trinajstić information content (AvgIpc) is 3.33. The Bertz CT molecular complexity index is 1320. The van der Waals surface area contributed by atoms with Gasteiger partial charge in [-0.1, -0.05) is 41.9 Å². The van der Waals surface area contributed by atoms with Crippen LogP contribution in [0.25, 0.3) is 11.1 Å². The lowest BCUT2D eigenvalue weighted by Crippen LogP contribution is -2.41. The Morgan fingerprint density at radius 2 is 1.77 bits per heavy atom. The van der Waals surface area contributed by atoms with Crippen molar-refractivity contribution in [2.45, 2.75) is 24.9 Å². The van der Waals surface area contributed by atoms with Crippen LogP contribution >= 0.6 is 11.6 Å². The predicted molar refractivity (Wildman–Crippen MR) is 131 cm³/mol. The van der Waals surface area contributed by atoms with Crippen LogP contribution < -0.4 is 9.47 Å². The molecule has 1 amide bonds. The monoisotopic (exact) mass is 490 g/mol. The normalized spacial score (nSPS) is 17.0. The summed E-state index contributed by atoms with van der Waals surface area (Å²) in [5.74, 6) is -0.545. The maximum Gasteiger partial charge on any atom is 0.326 e. The second-order valence-corrected chi connectivity index (χ2v) is 8.54. The summed E-state index contributed by atoms with van der Waals surface area (Å²) in [6, 6.07) is 17.9. The lowest BCUT2D eigenvalue weighted by Gasteiger charge is -2.29. The first-order valence-corrected chi connectivity index (χ1v) is 11.3. The van der Waals surface area contributed by atoms with E-state index < -0.39 is 18.1 Å². The minimum Gasteiger partial charge on any atom is -0.493 e. The summed E-state index contributed by atoms with van der Waals surface area (Å²) in [6.45, 7) is 0. The van der Waals surface area contributed by atoms with Gasteiger partial charge >= 0.3 is 5.97 Å². The molecule has 7 nitrogen and oxygen atoms in total. The number of carbonyl (C=O) groups excluding carboxylic acids is 1. The fourth-order valence-corrected chi connectivity index (χ4v) is 4.83. The Morgan fingerprint density at radius 1 is 1.06 bits per heavy atom. The number of amides is 1. The lowest BCUT2D eigenvalue weighted by atomic mass is 9.99. The SMILES string of the molecule is COc1cc(C#N)cc(-c2ccc(C(=O)N3[C@@H](c4ccccc4Cl)CC[C@H]3C(=O)O)cc2)c1OC. The largest absolute Gasteiger partial charge is 0.493 e. The standard InChI is InChI=1S/C27H23ClN2O5/c1-34-24-14-16(15-29)13-20(25(24)35-2)17-7-9-18(10-8-17)26(31)30-22(11-12-23(30)27(32)33)19-5-3-4-6-21(19)28/h3-10,13-14,22-23H,11-12H2,1-2H3,(H,32,33)/t22-,23+/m1/s1. The van der Waals surface area contributed by atoms with Crippen LogP contribution in [0.15, 0.2) is 60.7 Å². The molecule has 3 aromatic rings. The van der Waals surface area contributed by atoms with E-state index in [-0.39, 0.29) is 5.91 Å². The van der Waals surface area contributed by atoms with Crippen molar-refractivity contribution in [1.82, 2.24) is 4.90 Å². The Hall–Kier alpha value is -4.02. The van der Waals surface area contributed by atoms with Crippen LogP contribution in [0.5, 0.6) is 11.5 Å². The number of carbonyl (C=O) groups is 2. The highest BCUT2D eigenvalue weighted by atomic mass is 35.5. The van der Waals surface area contributed by atoms with E-state index in [1.54, 1.807) is 48.5 Å². The topological polar surface area (TPSA) is 99.9 Å². The molecule has 178 valence electrons. The number of ether oxygens (including phenoxy) is 2. The Balaban J connectivity index is 1.71. The summed E-state index contributed by atoms with van der Waals surface area (Å²) in [5, 5.41) is 19.7. The van der Waals surface area contributed by atoms with E-state index in [4.69, 9.17) is 21.1 Å². The van der Waals surface area contributed by atoms with Crippen molar-refractivity contribution in [1.29, 1.82) is 5.26 Å². The van der Waals surface area contributed by atoms with Gasteiger partial charge in [-0.25, -0.2) is 4.79 Å². The van der Waals surface area contributed by atoms with E-state index in [2.05, 4.69) is 6.07 Å². The zero-order valence-electron chi connectivity index (χ0n) is 19.2. The number of carboxylic acids is 1. The highest BCUT2D eigenvalue weighted by Crippen LogP contribution is 2.41. The molecule has 1 aliphatic heterocycles. The van der Waals surface area contributed by atoms with Gasteiger partial charge in [-0.15, -0.1) is 0 Å². The Kier molecular flexibility index (Phi) is 6.94. The van der Waals surface area contributed by atoms with Gasteiger partial charge in [0.15, 0.2) is 11.5 Å². The van der Waals surface area contributed by atoms with E-state index in [1.807, 2.05) is 12.1 Å². The molecule has 2 atom stereocenters. The molecule has 1 saturated heterocycles. The van der Waals surface area contributed by atoms with E-state index in [1.165, 1.54) is 19.1 Å². The van der Waals surface area contributed by atoms with E-state index >= 15 is 0 Å². The number of halogens is 1. The number of carboxylic acid groups (broad SMARTS) is 1. The van der Waals surface area contributed by atoms with Gasteiger partial charge in [0.25, 0.3) is 5.91 Å². The van der Waals surface area contributed by atoms with Gasteiger partial charge in [-0.3, -0.25) is 4.79 Å². The van der Waals surface area contributed by atoms with Gasteiger partial charge in [-0.05, 0) is 48.2 Å². The highest BCUT2D eigenvalue weighted by Gasteiger charge is 2.42. The number of likely N-dealkylation sites (tertiary alicyclic amines) is 1. The third-order valence-electron chi connectivity index (χ3n) is 6.22. The predicted octanol–water partition coefficient (Wildman–Crippen LogP) is 5.33. The third kappa shape index (κ3) is 4.53. The summed E-state index contributed by atoms with van der Waals surface area (Å²) in [5.41, 5.74) is 2.84. The highest BCUT2D eigenvalue weighted by molar-refractivity contribution is 6.31. The fraction of sp³-hybridized carbons (Fsp3) is 0.222. The zero-order chi connectivity index (χ0) is 25.1. The Morgan fingerprint density at radius 3 is 2.37 bits per heavy atom. The number of nitriles is 1. The second-order valence-electron chi connectivity index (χ2n) is 8.13. The van der Waals surface area contributed by atoms with Crippen LogP contribution in [0, 0.1) is 11.3 Å². The number of methoxy groups -OCH3 is 2. The number of hydrogen-bond acceptors (Lipinski definition) is 5. The maximum absolute atomic E-state index is 13.6. The summed E-state index contributed by atoms with van der Waals surface area (Å²) in [4.78, 5) is 26.9. The molecule has 0 aliphatic carbocycles. The number of aliphatic carboxylic acids is 1. The number of benzene rings is 3. The summed E-state index contributed by atoms with van der Waals surface area (Å²) < 4.78 is 10.9. The number of rotatable bonds is 6. The molecule has 0 bridgehead atoms. The lowest BCUT2D eigenvalue weighted by molar-refractivity contribution is -0.141. The van der Waals surface area contributed by atoms with Gasteiger partial charge in [0.05, 0.1) is 31.9 Å². The molecular weight excluding hydrogens is 468 g/mol. The fourth-order valence-electron chi connectivity index (χ4n) is 4.57. The summed E-state index contributed by atoms with van der Waals surface area (Å²) in [7, 11) is 3.01. The third-order valence-corrected chi connectivity index (χ3v) is 6.56. The molecule has 4 rings (SSSR count). The molecule has 1 aliphatic rings. The summed E-state index contributed by atoms with van der Waals surface area (Å²) >= 11 is 6.38. The maximum atomic E-state index is 13.6. The van der Waals surface area contributed by atoms with Crippen molar-refractivity contribution in [2.75, 3.05) is 14.2 Å². The van der Waals surface area contributed by atoms with Crippen molar-refractivity contribution < 1.29 is 24.2 Å². The van der Waals surface area contributed by atoms with Crippen LogP contribution in [-0.4, -0.2) is 42.1 Å². The second kappa shape index (κ2) is 10.1. The van der Waals surface area contributed by atoms with Crippen LogP contribution in [0.4, 0.5) is 0 Å². The van der Waals surface area contributed by atoms with Crippen molar-refractivity contribution in [3.63, 3.8) is 0 Å². The van der Waals surface area contributed by atoms with Crippen molar-refractivity contribution in [3.8, 4) is 28.7 Å². The summed E-state index contributed by atoms with van der Waals surface area (Å²) in [6.07, 6.45) is 0.843. The molecule has 3 aromatic carbocycles. The molecule has 35 heavy (non-hydrogen) atoms. The molecule has 0 radical (unpaired) electrons. The quantitative estimate of drug-likeness (QED) is 0.501. The Labute approximate surface area is 208 Å². The van der Waals surface area contributed by atoms with E-state index in [0.29, 0.717) is 51.6 Å². The van der Waals surface area contributed by atoms with Crippen LogP contribution in [0.2, 0.25) is 5.02 Å². The van der Waals surface area contributed by atoms with Crippen LogP contribution in [0.1, 0.15) is 40.4 Å². The number of nitrogens with zero attached hydrogens (tertiary/aromatic N) is 2. The molecular formula is C27H23ClN2O5. The van der Waals surface area contributed by atoms with Crippen LogP contribution in [-0.2, 0) is 4.79 Å². The number of hydrogen-bond donors (Lipinski definition) is 1. The molecule has 1 fully saturated rings. The van der Waals surface area contributed by atoms with Crippen LogP contribution in [0.3, 0.4) is 0 Å². The molecule has 0 spiro atoms. The zero-order valence-corrected chi connectivity index (χ0v) is 20.0. The first-order valence-electron chi connectivity index (χ1n) is 11.0. The van der Waals surface area contributed by atoms with E-state index in [0.717, 1.165) is 5.56 Å². The van der Waals surface area contributed by atoms with Gasteiger partial charge in [0.1, 0.15) is 6.04 Å². The molecule has 1 N–H and O–H groups in total.